The number of terminal acetylenes is 1. The number of rotatable bonds is 7. The van der Waals surface area contributed by atoms with Crippen LogP contribution in [0.3, 0.4) is 0 Å². The third kappa shape index (κ3) is 5.47. The summed E-state index contributed by atoms with van der Waals surface area (Å²) < 4.78 is 6.75. The van der Waals surface area contributed by atoms with Gasteiger partial charge in [0.25, 0.3) is 5.91 Å². The average Bonchev–Trinajstić information content (AvgIpc) is 3.15. The number of benzene rings is 2. The zero-order valence-electron chi connectivity index (χ0n) is 15.5. The van der Waals surface area contributed by atoms with Gasteiger partial charge in [-0.3, -0.25) is 9.59 Å². The third-order valence-corrected chi connectivity index (χ3v) is 4.27. The van der Waals surface area contributed by atoms with E-state index in [9.17, 15) is 9.59 Å². The van der Waals surface area contributed by atoms with E-state index in [1.807, 2.05) is 42.5 Å². The summed E-state index contributed by atoms with van der Waals surface area (Å²) in [6.07, 6.45) is 6.82. The predicted molar refractivity (Wildman–Crippen MR) is 111 cm³/mol. The molecule has 1 heterocycles. The largest absolute Gasteiger partial charge is 0.455 e. The van der Waals surface area contributed by atoms with Gasteiger partial charge in [0.1, 0.15) is 0 Å². The smallest absolute Gasteiger partial charge is 0.310 e. The van der Waals surface area contributed by atoms with E-state index in [0.717, 1.165) is 11.3 Å². The van der Waals surface area contributed by atoms with Gasteiger partial charge in [-0.2, -0.15) is 5.10 Å². The van der Waals surface area contributed by atoms with E-state index in [0.29, 0.717) is 16.3 Å². The van der Waals surface area contributed by atoms with E-state index < -0.39 is 11.9 Å². The first-order chi connectivity index (χ1) is 14.1. The Morgan fingerprint density at radius 1 is 1.14 bits per heavy atom. The molecule has 1 amide bonds. The van der Waals surface area contributed by atoms with Crippen LogP contribution >= 0.6 is 11.6 Å². The maximum Gasteiger partial charge on any atom is 0.310 e. The Labute approximate surface area is 173 Å². The maximum absolute atomic E-state index is 12.3. The van der Waals surface area contributed by atoms with Gasteiger partial charge in [0.2, 0.25) is 0 Å². The summed E-state index contributed by atoms with van der Waals surface area (Å²) in [6.45, 7) is -0.301. The van der Waals surface area contributed by atoms with Crippen molar-refractivity contribution in [2.24, 2.45) is 0 Å². The highest BCUT2D eigenvalue weighted by Crippen LogP contribution is 2.26. The molecule has 6 nitrogen and oxygen atoms in total. The molecule has 29 heavy (non-hydrogen) atoms. The molecule has 0 fully saturated rings. The molecule has 0 saturated heterocycles. The topological polar surface area (TPSA) is 73.2 Å². The van der Waals surface area contributed by atoms with Crippen LogP contribution in [0.15, 0.2) is 60.8 Å². The van der Waals surface area contributed by atoms with E-state index >= 15 is 0 Å². The minimum atomic E-state index is -0.538. The molecule has 146 valence electrons. The Kier molecular flexibility index (Phi) is 6.67. The number of hydrogen-bond donors (Lipinski definition) is 1. The minimum absolute atomic E-state index is 0.0345. The van der Waals surface area contributed by atoms with Gasteiger partial charge in [-0.25, -0.2) is 4.68 Å². The number of halogens is 1. The number of carbonyl (C=O) groups excluding carboxylic acids is 2. The lowest BCUT2D eigenvalue weighted by molar-refractivity contribution is -0.147. The van der Waals surface area contributed by atoms with Crippen molar-refractivity contribution in [2.45, 2.75) is 6.42 Å². The van der Waals surface area contributed by atoms with Crippen molar-refractivity contribution < 1.29 is 14.3 Å². The average molecular weight is 408 g/mol. The lowest BCUT2D eigenvalue weighted by Crippen LogP contribution is -2.29. The highest BCUT2D eigenvalue weighted by molar-refractivity contribution is 6.30. The number of nitrogens with one attached hydrogen (secondary N) is 1. The maximum atomic E-state index is 12.3. The normalized spacial score (nSPS) is 10.2. The molecule has 0 aliphatic carbocycles. The fourth-order valence-electron chi connectivity index (χ4n) is 2.66. The van der Waals surface area contributed by atoms with Gasteiger partial charge in [-0.05, 0) is 24.3 Å². The van der Waals surface area contributed by atoms with Gasteiger partial charge in [0.05, 0.1) is 24.3 Å². The predicted octanol–water partition coefficient (Wildman–Crippen LogP) is 3.03. The SMILES string of the molecule is C#CCNC(=O)COC(=O)Cc1cn(-c2ccccc2)nc1-c1ccc(Cl)cc1. The Balaban J connectivity index is 1.81. The Morgan fingerprint density at radius 3 is 2.55 bits per heavy atom. The lowest BCUT2D eigenvalue weighted by Gasteiger charge is -2.05. The summed E-state index contributed by atoms with van der Waals surface area (Å²) in [6, 6.07) is 16.7. The van der Waals surface area contributed by atoms with Gasteiger partial charge >= 0.3 is 5.97 Å². The number of carbonyl (C=O) groups is 2. The highest BCUT2D eigenvalue weighted by atomic mass is 35.5. The summed E-state index contributed by atoms with van der Waals surface area (Å²) in [5.74, 6) is 1.29. The summed E-state index contributed by atoms with van der Waals surface area (Å²) >= 11 is 5.98. The number of nitrogens with zero attached hydrogens (tertiary/aromatic N) is 2. The van der Waals surface area contributed by atoms with E-state index in [-0.39, 0.29) is 19.6 Å². The van der Waals surface area contributed by atoms with Crippen LogP contribution in [0.25, 0.3) is 16.9 Å². The van der Waals surface area contributed by atoms with Gasteiger partial charge < -0.3 is 10.1 Å². The zero-order valence-corrected chi connectivity index (χ0v) is 16.2. The number of aromatic nitrogens is 2. The molecule has 0 saturated carbocycles. The fraction of sp³-hybridized carbons (Fsp3) is 0.136. The molecular weight excluding hydrogens is 390 g/mol. The molecule has 0 spiro atoms. The molecular formula is C22H18ClN3O3. The van der Waals surface area contributed by atoms with Crippen molar-refractivity contribution in [1.82, 2.24) is 15.1 Å². The standard InChI is InChI=1S/C22H18ClN3O3/c1-2-12-24-20(27)15-29-21(28)13-17-14-26(19-6-4-3-5-7-19)25-22(17)16-8-10-18(23)11-9-16/h1,3-11,14H,12-13,15H2,(H,24,27). The molecule has 0 bridgehead atoms. The Bertz CT molecular complexity index is 1040. The van der Waals surface area contributed by atoms with Crippen LogP contribution in [0.1, 0.15) is 5.56 Å². The van der Waals surface area contributed by atoms with E-state index in [2.05, 4.69) is 16.3 Å². The van der Waals surface area contributed by atoms with Crippen LogP contribution < -0.4 is 5.32 Å². The second kappa shape index (κ2) is 9.58. The molecule has 0 unspecified atom stereocenters. The zero-order chi connectivity index (χ0) is 20.6. The van der Waals surface area contributed by atoms with Gasteiger partial charge in [0.15, 0.2) is 6.61 Å². The summed E-state index contributed by atoms with van der Waals surface area (Å²) in [5, 5.41) is 7.68. The molecule has 0 atom stereocenters. The Hall–Kier alpha value is -3.56. The van der Waals surface area contributed by atoms with Crippen LogP contribution in [0.2, 0.25) is 5.02 Å². The molecule has 1 N–H and O–H groups in total. The first-order valence-electron chi connectivity index (χ1n) is 8.82. The van der Waals surface area contributed by atoms with Crippen LogP contribution in [0.5, 0.6) is 0 Å². The molecule has 7 heteroatoms. The Morgan fingerprint density at radius 2 is 1.86 bits per heavy atom. The monoisotopic (exact) mass is 407 g/mol. The molecule has 1 aromatic heterocycles. The molecule has 0 aliphatic heterocycles. The highest BCUT2D eigenvalue weighted by Gasteiger charge is 2.17. The number of esters is 1. The van der Waals surface area contributed by atoms with E-state index in [4.69, 9.17) is 22.8 Å². The third-order valence-electron chi connectivity index (χ3n) is 4.02. The van der Waals surface area contributed by atoms with Gasteiger partial charge in [-0.15, -0.1) is 6.42 Å². The van der Waals surface area contributed by atoms with Crippen molar-refractivity contribution in [3.63, 3.8) is 0 Å². The number of amides is 1. The molecule has 2 aromatic carbocycles. The van der Waals surface area contributed by atoms with Crippen LogP contribution in [-0.2, 0) is 20.7 Å². The number of ether oxygens (including phenoxy) is 1. The first kappa shape index (κ1) is 20.2. The second-order valence-electron chi connectivity index (χ2n) is 6.11. The van der Waals surface area contributed by atoms with Crippen molar-refractivity contribution in [2.75, 3.05) is 13.2 Å². The number of para-hydroxylation sites is 1. The van der Waals surface area contributed by atoms with Gasteiger partial charge in [-0.1, -0.05) is 47.9 Å². The van der Waals surface area contributed by atoms with Crippen LogP contribution in [-0.4, -0.2) is 34.8 Å². The second-order valence-corrected chi connectivity index (χ2v) is 6.54. The van der Waals surface area contributed by atoms with Crippen molar-refractivity contribution in [1.29, 1.82) is 0 Å². The fourth-order valence-corrected chi connectivity index (χ4v) is 2.78. The summed E-state index contributed by atoms with van der Waals surface area (Å²) in [4.78, 5) is 23.8. The minimum Gasteiger partial charge on any atom is -0.455 e. The van der Waals surface area contributed by atoms with Crippen molar-refractivity contribution in [3.05, 3.63) is 71.4 Å². The first-order valence-corrected chi connectivity index (χ1v) is 9.20. The van der Waals surface area contributed by atoms with Crippen LogP contribution in [0.4, 0.5) is 0 Å². The van der Waals surface area contributed by atoms with Crippen molar-refractivity contribution >= 4 is 23.5 Å². The quantitative estimate of drug-likeness (QED) is 0.482. The summed E-state index contributed by atoms with van der Waals surface area (Å²) in [5.41, 5.74) is 2.99. The van der Waals surface area contributed by atoms with E-state index in [1.165, 1.54) is 0 Å². The van der Waals surface area contributed by atoms with Crippen molar-refractivity contribution in [3.8, 4) is 29.3 Å². The molecule has 0 radical (unpaired) electrons. The molecule has 3 rings (SSSR count). The molecule has 0 aliphatic rings. The van der Waals surface area contributed by atoms with E-state index in [1.54, 1.807) is 23.0 Å². The lowest BCUT2D eigenvalue weighted by atomic mass is 10.1. The van der Waals surface area contributed by atoms with Gasteiger partial charge in [0, 0.05) is 22.3 Å². The summed E-state index contributed by atoms with van der Waals surface area (Å²) in [7, 11) is 0. The molecule has 3 aromatic rings. The number of hydrogen-bond acceptors (Lipinski definition) is 4. The van der Waals surface area contributed by atoms with Crippen LogP contribution in [0, 0.1) is 12.3 Å².